The van der Waals surface area contributed by atoms with Crippen LogP contribution in [0.25, 0.3) is 0 Å². The maximum absolute atomic E-state index is 10.9. The van der Waals surface area contributed by atoms with Crippen molar-refractivity contribution in [3.63, 3.8) is 0 Å². The van der Waals surface area contributed by atoms with Crippen molar-refractivity contribution in [3.8, 4) is 5.75 Å². The first-order chi connectivity index (χ1) is 7.43. The number of nitrogens with zero attached hydrogens (tertiary/aromatic N) is 1. The molecule has 0 aliphatic rings. The van der Waals surface area contributed by atoms with Gasteiger partial charge in [0.25, 0.3) is 0 Å². The molecule has 0 bridgehead atoms. The maximum Gasteiger partial charge on any atom is 0.320 e. The summed E-state index contributed by atoms with van der Waals surface area (Å²) >= 11 is 0. The number of phenols is 1. The van der Waals surface area contributed by atoms with Gasteiger partial charge in [-0.1, -0.05) is 12.1 Å². The Labute approximate surface area is 95.1 Å². The lowest BCUT2D eigenvalue weighted by Crippen LogP contribution is -2.37. The third-order valence-electron chi connectivity index (χ3n) is 2.93. The number of benzene rings is 1. The van der Waals surface area contributed by atoms with E-state index < -0.39 is 12.0 Å². The predicted octanol–water partition coefficient (Wildman–Crippen LogP) is 1.86. The second kappa shape index (κ2) is 4.99. The minimum Gasteiger partial charge on any atom is -0.508 e. The van der Waals surface area contributed by atoms with Crippen molar-refractivity contribution in [1.29, 1.82) is 0 Å². The average molecular weight is 223 g/mol. The lowest BCUT2D eigenvalue weighted by atomic mass is 10.1. The normalized spacial score (nSPS) is 14.8. The molecule has 0 aliphatic carbocycles. The Morgan fingerprint density at radius 1 is 1.38 bits per heavy atom. The lowest BCUT2D eigenvalue weighted by molar-refractivity contribution is -0.142. The van der Waals surface area contributed by atoms with E-state index in [0.29, 0.717) is 0 Å². The molecule has 1 aromatic carbocycles. The highest BCUT2D eigenvalue weighted by molar-refractivity contribution is 5.72. The third-order valence-corrected chi connectivity index (χ3v) is 2.93. The molecule has 0 spiro atoms. The van der Waals surface area contributed by atoms with Gasteiger partial charge in [0, 0.05) is 6.04 Å². The molecule has 0 fully saturated rings. The summed E-state index contributed by atoms with van der Waals surface area (Å²) in [5, 5.41) is 18.3. The number of phenolic OH excluding ortho intramolecular Hbond substituents is 1. The fourth-order valence-electron chi connectivity index (χ4n) is 1.53. The van der Waals surface area contributed by atoms with Gasteiger partial charge in [-0.05, 0) is 38.6 Å². The first kappa shape index (κ1) is 12.5. The average Bonchev–Trinajstić information content (AvgIpc) is 2.26. The maximum atomic E-state index is 10.9. The molecule has 0 aromatic heterocycles. The fourth-order valence-corrected chi connectivity index (χ4v) is 1.53. The standard InChI is InChI=1S/C12H17NO3/c1-8(13(3)9(2)12(15)16)10-5-4-6-11(14)7-10/h4-9,14H,1-3H3,(H,15,16). The van der Waals surface area contributed by atoms with Crippen LogP contribution in [0.15, 0.2) is 24.3 Å². The molecule has 2 atom stereocenters. The Bertz CT molecular complexity index is 378. The zero-order valence-electron chi connectivity index (χ0n) is 9.71. The fraction of sp³-hybridized carbons (Fsp3) is 0.417. The number of hydrogen-bond acceptors (Lipinski definition) is 3. The van der Waals surface area contributed by atoms with Gasteiger partial charge in [0.2, 0.25) is 0 Å². The number of carboxylic acid groups (broad SMARTS) is 1. The van der Waals surface area contributed by atoms with Crippen LogP contribution in [-0.2, 0) is 4.79 Å². The van der Waals surface area contributed by atoms with Gasteiger partial charge in [-0.25, -0.2) is 0 Å². The minimum atomic E-state index is -0.852. The minimum absolute atomic E-state index is 0.0572. The SMILES string of the molecule is CC(C(=O)O)N(C)C(C)c1cccc(O)c1. The van der Waals surface area contributed by atoms with E-state index >= 15 is 0 Å². The molecule has 1 aromatic rings. The summed E-state index contributed by atoms with van der Waals surface area (Å²) in [5.41, 5.74) is 0.899. The highest BCUT2D eigenvalue weighted by Gasteiger charge is 2.22. The van der Waals surface area contributed by atoms with Gasteiger partial charge in [-0.3, -0.25) is 9.69 Å². The van der Waals surface area contributed by atoms with Crippen molar-refractivity contribution in [2.45, 2.75) is 25.9 Å². The van der Waals surface area contributed by atoms with Gasteiger partial charge in [0.15, 0.2) is 0 Å². The second-order valence-electron chi connectivity index (χ2n) is 3.95. The number of aromatic hydroxyl groups is 1. The quantitative estimate of drug-likeness (QED) is 0.818. The summed E-state index contributed by atoms with van der Waals surface area (Å²) in [6, 6.07) is 6.25. The van der Waals surface area contributed by atoms with Crippen molar-refractivity contribution >= 4 is 5.97 Å². The van der Waals surface area contributed by atoms with E-state index in [1.807, 2.05) is 13.0 Å². The molecule has 0 amide bonds. The third kappa shape index (κ3) is 2.73. The first-order valence-corrected chi connectivity index (χ1v) is 5.17. The van der Waals surface area contributed by atoms with Gasteiger partial charge in [0.05, 0.1) is 0 Å². The highest BCUT2D eigenvalue weighted by atomic mass is 16.4. The van der Waals surface area contributed by atoms with Gasteiger partial charge in [0.1, 0.15) is 11.8 Å². The molecule has 1 rings (SSSR count). The Balaban J connectivity index is 2.85. The zero-order chi connectivity index (χ0) is 12.3. The van der Waals surface area contributed by atoms with E-state index in [4.69, 9.17) is 5.11 Å². The molecule has 0 radical (unpaired) electrons. The topological polar surface area (TPSA) is 60.8 Å². The summed E-state index contributed by atoms with van der Waals surface area (Å²) in [6.45, 7) is 3.55. The Morgan fingerprint density at radius 3 is 2.50 bits per heavy atom. The van der Waals surface area contributed by atoms with Crippen molar-refractivity contribution in [2.75, 3.05) is 7.05 Å². The number of likely N-dealkylation sites (N-methyl/N-ethyl adjacent to an activating group) is 1. The molecule has 0 heterocycles. The summed E-state index contributed by atoms with van der Waals surface area (Å²) in [7, 11) is 1.76. The highest BCUT2D eigenvalue weighted by Crippen LogP contribution is 2.23. The van der Waals surface area contributed by atoms with Gasteiger partial charge in [-0.2, -0.15) is 0 Å². The monoisotopic (exact) mass is 223 g/mol. The molecule has 2 unspecified atom stereocenters. The molecule has 0 saturated carbocycles. The summed E-state index contributed by atoms with van der Waals surface area (Å²) < 4.78 is 0. The Kier molecular flexibility index (Phi) is 3.90. The molecule has 0 aliphatic heterocycles. The van der Waals surface area contributed by atoms with Crippen LogP contribution in [0.2, 0.25) is 0 Å². The molecule has 4 nitrogen and oxygen atoms in total. The van der Waals surface area contributed by atoms with Crippen LogP contribution >= 0.6 is 0 Å². The summed E-state index contributed by atoms with van der Waals surface area (Å²) in [6.07, 6.45) is 0. The second-order valence-corrected chi connectivity index (χ2v) is 3.95. The summed E-state index contributed by atoms with van der Waals surface area (Å²) in [4.78, 5) is 12.6. The molecule has 4 heteroatoms. The Morgan fingerprint density at radius 2 is 2.00 bits per heavy atom. The lowest BCUT2D eigenvalue weighted by Gasteiger charge is -2.28. The Hall–Kier alpha value is -1.55. The largest absolute Gasteiger partial charge is 0.508 e. The molecule has 2 N–H and O–H groups in total. The molecule has 88 valence electrons. The van der Waals surface area contributed by atoms with E-state index in [0.717, 1.165) is 5.56 Å². The number of rotatable bonds is 4. The van der Waals surface area contributed by atoms with E-state index in [1.165, 1.54) is 0 Å². The number of carboxylic acids is 1. The van der Waals surface area contributed by atoms with Crippen molar-refractivity contribution in [3.05, 3.63) is 29.8 Å². The smallest absolute Gasteiger partial charge is 0.320 e. The molecular weight excluding hydrogens is 206 g/mol. The van der Waals surface area contributed by atoms with Crippen LogP contribution in [0.3, 0.4) is 0 Å². The van der Waals surface area contributed by atoms with Gasteiger partial charge in [-0.15, -0.1) is 0 Å². The summed E-state index contributed by atoms with van der Waals surface area (Å²) in [5.74, 6) is -0.657. The number of hydrogen-bond donors (Lipinski definition) is 2. The van der Waals surface area contributed by atoms with E-state index in [1.54, 1.807) is 37.1 Å². The van der Waals surface area contributed by atoms with Crippen LogP contribution in [0.5, 0.6) is 5.75 Å². The number of carbonyl (C=O) groups is 1. The molecule has 16 heavy (non-hydrogen) atoms. The predicted molar refractivity (Wildman–Crippen MR) is 61.4 cm³/mol. The van der Waals surface area contributed by atoms with Crippen LogP contribution in [0.4, 0.5) is 0 Å². The van der Waals surface area contributed by atoms with Gasteiger partial charge >= 0.3 is 5.97 Å². The zero-order valence-corrected chi connectivity index (χ0v) is 9.71. The van der Waals surface area contributed by atoms with Gasteiger partial charge < -0.3 is 10.2 Å². The molecule has 0 saturated heterocycles. The number of aliphatic carboxylic acids is 1. The van der Waals surface area contributed by atoms with Crippen LogP contribution < -0.4 is 0 Å². The molecular formula is C12H17NO3. The van der Waals surface area contributed by atoms with E-state index in [9.17, 15) is 9.90 Å². The van der Waals surface area contributed by atoms with E-state index in [-0.39, 0.29) is 11.8 Å². The van der Waals surface area contributed by atoms with Crippen molar-refractivity contribution in [2.24, 2.45) is 0 Å². The van der Waals surface area contributed by atoms with Crippen molar-refractivity contribution in [1.82, 2.24) is 4.90 Å². The first-order valence-electron chi connectivity index (χ1n) is 5.17. The van der Waals surface area contributed by atoms with Crippen LogP contribution in [-0.4, -0.2) is 34.2 Å². The van der Waals surface area contributed by atoms with E-state index in [2.05, 4.69) is 0 Å². The van der Waals surface area contributed by atoms with Crippen LogP contribution in [0, 0.1) is 0 Å². The van der Waals surface area contributed by atoms with Crippen molar-refractivity contribution < 1.29 is 15.0 Å². The van der Waals surface area contributed by atoms with Crippen LogP contribution in [0.1, 0.15) is 25.5 Å².